The first-order valence-electron chi connectivity index (χ1n) is 13.5. The maximum absolute atomic E-state index is 13.4. The minimum absolute atomic E-state index is 0.00190. The van der Waals surface area contributed by atoms with E-state index in [0.717, 1.165) is 76.5 Å². The number of halogens is 1. The molecule has 1 aromatic heterocycles. The second-order valence-electron chi connectivity index (χ2n) is 10.6. The number of carbonyl (C=O) groups excluding carboxylic acids is 2. The molecule has 2 aliphatic carbocycles. The van der Waals surface area contributed by atoms with Crippen molar-refractivity contribution < 1.29 is 14.3 Å². The molecule has 0 bridgehead atoms. The third kappa shape index (κ3) is 5.72. The molecule has 0 unspecified atom stereocenters. The van der Waals surface area contributed by atoms with E-state index in [1.54, 1.807) is 6.92 Å². The normalized spacial score (nSPS) is 22.3. The summed E-state index contributed by atoms with van der Waals surface area (Å²) >= 11 is 6.26. The summed E-state index contributed by atoms with van der Waals surface area (Å²) < 4.78 is 8.29. The summed E-state index contributed by atoms with van der Waals surface area (Å²) in [6, 6.07) is 7.87. The third-order valence-corrected chi connectivity index (χ3v) is 8.38. The zero-order valence-electron chi connectivity index (χ0n) is 21.2. The second kappa shape index (κ2) is 11.2. The number of hydrogen-bond donors (Lipinski definition) is 1. The highest BCUT2D eigenvalue weighted by atomic mass is 35.5. The first kappa shape index (κ1) is 25.1. The van der Waals surface area contributed by atoms with Crippen molar-refractivity contribution in [2.24, 2.45) is 5.92 Å². The summed E-state index contributed by atoms with van der Waals surface area (Å²) in [5.74, 6) is 1.50. The Morgan fingerprint density at radius 2 is 1.83 bits per heavy atom. The molecular weight excluding hydrogens is 476 g/mol. The second-order valence-corrected chi connectivity index (χ2v) is 11.0. The molecule has 1 N–H and O–H groups in total. The number of nitrogens with one attached hydrogen (secondary N) is 1. The van der Waals surface area contributed by atoms with Gasteiger partial charge in [0.05, 0.1) is 11.1 Å². The lowest BCUT2D eigenvalue weighted by Crippen LogP contribution is -2.46. The Bertz CT molecular complexity index is 1080. The van der Waals surface area contributed by atoms with E-state index in [0.29, 0.717) is 29.7 Å². The van der Waals surface area contributed by atoms with E-state index in [4.69, 9.17) is 21.4 Å². The number of ether oxygens (including phenoxy) is 1. The van der Waals surface area contributed by atoms with Crippen LogP contribution in [0.2, 0.25) is 5.02 Å². The Kier molecular flexibility index (Phi) is 7.85. The van der Waals surface area contributed by atoms with Gasteiger partial charge in [-0.25, -0.2) is 0 Å². The van der Waals surface area contributed by atoms with Gasteiger partial charge in [-0.05, 0) is 82.3 Å². The Balaban J connectivity index is 1.14. The van der Waals surface area contributed by atoms with Gasteiger partial charge in [-0.1, -0.05) is 23.7 Å². The molecule has 1 saturated heterocycles. The van der Waals surface area contributed by atoms with Crippen LogP contribution in [0.3, 0.4) is 0 Å². The number of carbonyl (C=O) groups is 2. The molecule has 3 aliphatic rings. The van der Waals surface area contributed by atoms with Crippen LogP contribution >= 0.6 is 11.6 Å². The molecule has 0 atom stereocenters. The molecule has 8 heteroatoms. The monoisotopic (exact) mass is 512 g/mol. The van der Waals surface area contributed by atoms with E-state index in [1.165, 1.54) is 11.3 Å². The lowest BCUT2D eigenvalue weighted by atomic mass is 9.85. The van der Waals surface area contributed by atoms with Crippen molar-refractivity contribution in [3.63, 3.8) is 0 Å². The first-order valence-corrected chi connectivity index (χ1v) is 13.9. The predicted octanol–water partition coefficient (Wildman–Crippen LogP) is 4.79. The molecule has 1 aromatic carbocycles. The smallest absolute Gasteiger partial charge is 0.274 e. The summed E-state index contributed by atoms with van der Waals surface area (Å²) in [5.41, 5.74) is 3.10. The molecule has 194 valence electrons. The van der Waals surface area contributed by atoms with Gasteiger partial charge < -0.3 is 15.0 Å². The molecule has 0 radical (unpaired) electrons. The van der Waals surface area contributed by atoms with Crippen LogP contribution in [0.5, 0.6) is 5.75 Å². The highest BCUT2D eigenvalue weighted by Gasteiger charge is 2.31. The van der Waals surface area contributed by atoms with Crippen molar-refractivity contribution in [3.8, 4) is 5.75 Å². The van der Waals surface area contributed by atoms with E-state index in [9.17, 15) is 9.59 Å². The van der Waals surface area contributed by atoms with Crippen LogP contribution in [-0.2, 0) is 24.2 Å². The number of para-hydroxylation sites is 1. The lowest BCUT2D eigenvalue weighted by molar-refractivity contribution is -0.119. The van der Waals surface area contributed by atoms with Crippen LogP contribution in [0.4, 0.5) is 0 Å². The standard InChI is InChI=1S/C28H37ClN4O3/c1-19(34)30-21-14-16-32(17-15-21)28(35)27-23-5-4-7-25(23)33(31-27)18-13-20-9-11-22(12-10-20)36-26-8-3-2-6-24(26)29/h2-3,6,8,20-22H,4-5,7,9-18H2,1H3,(H,30,34). The van der Waals surface area contributed by atoms with E-state index in [-0.39, 0.29) is 24.0 Å². The van der Waals surface area contributed by atoms with Crippen molar-refractivity contribution in [2.75, 3.05) is 13.1 Å². The topological polar surface area (TPSA) is 76.5 Å². The number of aromatic nitrogens is 2. The fourth-order valence-electron chi connectivity index (χ4n) is 6.09. The van der Waals surface area contributed by atoms with Gasteiger partial charge in [0.1, 0.15) is 5.75 Å². The highest BCUT2D eigenvalue weighted by molar-refractivity contribution is 6.32. The number of aryl methyl sites for hydroxylation is 1. The minimum Gasteiger partial charge on any atom is -0.489 e. The molecule has 2 aromatic rings. The van der Waals surface area contributed by atoms with Crippen LogP contribution in [0.15, 0.2) is 24.3 Å². The highest BCUT2D eigenvalue weighted by Crippen LogP contribution is 2.33. The van der Waals surface area contributed by atoms with Crippen molar-refractivity contribution >= 4 is 23.4 Å². The molecule has 7 nitrogen and oxygen atoms in total. The third-order valence-electron chi connectivity index (χ3n) is 8.07. The maximum atomic E-state index is 13.4. The molecule has 1 aliphatic heterocycles. The SMILES string of the molecule is CC(=O)NC1CCN(C(=O)c2nn(CCC3CCC(Oc4ccccc4Cl)CC3)c3c2CCC3)CC1. The van der Waals surface area contributed by atoms with Gasteiger partial charge in [0.25, 0.3) is 5.91 Å². The fourth-order valence-corrected chi connectivity index (χ4v) is 6.27. The zero-order chi connectivity index (χ0) is 25.1. The predicted molar refractivity (Wildman–Crippen MR) is 139 cm³/mol. The molecule has 1 saturated carbocycles. The summed E-state index contributed by atoms with van der Waals surface area (Å²) in [6.45, 7) is 3.77. The molecule has 36 heavy (non-hydrogen) atoms. The van der Waals surface area contributed by atoms with Crippen molar-refractivity contribution in [3.05, 3.63) is 46.2 Å². The molecule has 2 fully saturated rings. The molecule has 2 amide bonds. The van der Waals surface area contributed by atoms with Crippen molar-refractivity contribution in [1.82, 2.24) is 20.0 Å². The van der Waals surface area contributed by atoms with Crippen LogP contribution < -0.4 is 10.1 Å². The summed E-state index contributed by atoms with van der Waals surface area (Å²) in [7, 11) is 0. The lowest BCUT2D eigenvalue weighted by Gasteiger charge is -2.32. The number of rotatable bonds is 7. The molecule has 2 heterocycles. The summed E-state index contributed by atoms with van der Waals surface area (Å²) in [5, 5.41) is 8.51. The Hall–Kier alpha value is -2.54. The molecule has 0 spiro atoms. The molecular formula is C28H37ClN4O3. The molecule has 5 rings (SSSR count). The van der Waals surface area contributed by atoms with Gasteiger partial charge in [0, 0.05) is 43.9 Å². The quantitative estimate of drug-likeness (QED) is 0.578. The van der Waals surface area contributed by atoms with Gasteiger partial charge in [-0.15, -0.1) is 0 Å². The van der Waals surface area contributed by atoms with Gasteiger partial charge >= 0.3 is 0 Å². The van der Waals surface area contributed by atoms with Gasteiger partial charge in [0.15, 0.2) is 5.69 Å². The number of hydrogen-bond acceptors (Lipinski definition) is 4. The Morgan fingerprint density at radius 3 is 2.56 bits per heavy atom. The number of amides is 2. The van der Waals surface area contributed by atoms with Crippen molar-refractivity contribution in [2.45, 2.75) is 89.8 Å². The van der Waals surface area contributed by atoms with Gasteiger partial charge in [-0.3, -0.25) is 14.3 Å². The van der Waals surface area contributed by atoms with Crippen molar-refractivity contribution in [1.29, 1.82) is 0 Å². The number of benzene rings is 1. The number of nitrogens with zero attached hydrogens (tertiary/aromatic N) is 3. The van der Waals surface area contributed by atoms with Gasteiger partial charge in [-0.2, -0.15) is 5.10 Å². The zero-order valence-corrected chi connectivity index (χ0v) is 21.9. The van der Waals surface area contributed by atoms with E-state index in [2.05, 4.69) is 10.00 Å². The van der Waals surface area contributed by atoms with Gasteiger partial charge in [0.2, 0.25) is 5.91 Å². The Morgan fingerprint density at radius 1 is 1.08 bits per heavy atom. The van der Waals surface area contributed by atoms with Crippen LogP contribution in [0, 0.1) is 5.92 Å². The van der Waals surface area contributed by atoms with Crippen LogP contribution in [0.25, 0.3) is 0 Å². The average molecular weight is 513 g/mol. The average Bonchev–Trinajstić information content (AvgIpc) is 3.48. The van der Waals surface area contributed by atoms with E-state index >= 15 is 0 Å². The summed E-state index contributed by atoms with van der Waals surface area (Å²) in [6.07, 6.45) is 10.4. The van der Waals surface area contributed by atoms with Crippen LogP contribution in [-0.4, -0.2) is 51.7 Å². The first-order chi connectivity index (χ1) is 17.5. The largest absolute Gasteiger partial charge is 0.489 e. The number of fused-ring (bicyclic) bond motifs is 1. The van der Waals surface area contributed by atoms with E-state index in [1.807, 2.05) is 29.2 Å². The van der Waals surface area contributed by atoms with E-state index < -0.39 is 0 Å². The maximum Gasteiger partial charge on any atom is 0.274 e. The number of piperidine rings is 1. The number of likely N-dealkylation sites (tertiary alicyclic amines) is 1. The van der Waals surface area contributed by atoms with Crippen LogP contribution in [0.1, 0.15) is 80.0 Å². The fraction of sp³-hybridized carbons (Fsp3) is 0.607. The summed E-state index contributed by atoms with van der Waals surface area (Å²) in [4.78, 5) is 26.6. The minimum atomic E-state index is -0.00190. The Labute approximate surface area is 218 Å².